The average molecular weight is 414 g/mol. The van der Waals surface area contributed by atoms with E-state index >= 15 is 0 Å². The van der Waals surface area contributed by atoms with Crippen LogP contribution in [0.15, 0.2) is 18.2 Å². The number of rotatable bonds is 2. The number of aliphatic hydroxyl groups is 1. The van der Waals surface area contributed by atoms with E-state index in [-0.39, 0.29) is 17.9 Å². The third-order valence-electron chi connectivity index (χ3n) is 6.70. The molecule has 2 atom stereocenters. The zero-order valence-corrected chi connectivity index (χ0v) is 18.0. The van der Waals surface area contributed by atoms with Gasteiger partial charge >= 0.3 is 0 Å². The highest BCUT2D eigenvalue weighted by Crippen LogP contribution is 2.22. The summed E-state index contributed by atoms with van der Waals surface area (Å²) in [5.74, 6) is 1.02. The van der Waals surface area contributed by atoms with E-state index in [2.05, 4.69) is 9.88 Å². The Labute approximate surface area is 177 Å². The van der Waals surface area contributed by atoms with Crippen LogP contribution >= 0.6 is 0 Å². The van der Waals surface area contributed by atoms with E-state index in [4.69, 9.17) is 0 Å². The van der Waals surface area contributed by atoms with Crippen molar-refractivity contribution in [1.82, 2.24) is 24.3 Å². The van der Waals surface area contributed by atoms with Gasteiger partial charge in [-0.3, -0.25) is 14.5 Å². The number of aryl methyl sites for hydroxylation is 2. The monoisotopic (exact) mass is 413 g/mol. The zero-order chi connectivity index (χ0) is 21.4. The number of aromatic nitrogens is 2. The molecule has 3 heterocycles. The van der Waals surface area contributed by atoms with Crippen molar-refractivity contribution < 1.29 is 14.7 Å². The molecular weight excluding hydrogens is 382 g/mol. The smallest absolute Gasteiger partial charge is 0.253 e. The second kappa shape index (κ2) is 8.35. The van der Waals surface area contributed by atoms with E-state index in [1.54, 1.807) is 6.92 Å². The Morgan fingerprint density at radius 2 is 1.73 bits per heavy atom. The summed E-state index contributed by atoms with van der Waals surface area (Å²) in [5.41, 5.74) is 2.49. The fraction of sp³-hybridized carbons (Fsp3) is 0.591. The number of carbonyl (C=O) groups excluding carboxylic acids is 2. The summed E-state index contributed by atoms with van der Waals surface area (Å²) < 4.78 is 2.02. The first-order valence-corrected chi connectivity index (χ1v) is 10.7. The first-order valence-electron chi connectivity index (χ1n) is 10.7. The highest BCUT2D eigenvalue weighted by Gasteiger charge is 2.33. The number of hydrogen-bond acceptors (Lipinski definition) is 5. The van der Waals surface area contributed by atoms with Crippen LogP contribution in [0.25, 0.3) is 11.0 Å². The number of amides is 2. The van der Waals surface area contributed by atoms with Gasteiger partial charge in [0.2, 0.25) is 5.91 Å². The highest BCUT2D eigenvalue weighted by molar-refractivity contribution is 5.97. The maximum atomic E-state index is 13.1. The zero-order valence-electron chi connectivity index (χ0n) is 18.0. The normalized spacial score (nSPS) is 23.6. The van der Waals surface area contributed by atoms with Gasteiger partial charge in [0.25, 0.3) is 5.91 Å². The number of benzene rings is 1. The highest BCUT2D eigenvalue weighted by atomic mass is 16.3. The van der Waals surface area contributed by atoms with Crippen molar-refractivity contribution in [1.29, 1.82) is 0 Å². The van der Waals surface area contributed by atoms with Gasteiger partial charge in [0, 0.05) is 64.8 Å². The second-order valence-corrected chi connectivity index (χ2v) is 8.47. The molecule has 2 aromatic rings. The summed E-state index contributed by atoms with van der Waals surface area (Å²) >= 11 is 0. The lowest BCUT2D eigenvalue weighted by Gasteiger charge is -2.40. The summed E-state index contributed by atoms with van der Waals surface area (Å²) in [7, 11) is 1.97. The molecule has 0 unspecified atom stereocenters. The van der Waals surface area contributed by atoms with Gasteiger partial charge in [-0.25, -0.2) is 4.98 Å². The van der Waals surface area contributed by atoms with Crippen LogP contribution in [0.1, 0.15) is 35.9 Å². The third kappa shape index (κ3) is 3.94. The second-order valence-electron chi connectivity index (χ2n) is 8.47. The lowest BCUT2D eigenvalue weighted by molar-refractivity contribution is -0.131. The van der Waals surface area contributed by atoms with Gasteiger partial charge in [0.05, 0.1) is 17.1 Å². The molecule has 1 aromatic carbocycles. The van der Waals surface area contributed by atoms with Crippen LogP contribution in [-0.2, 0) is 11.8 Å². The molecule has 162 valence electrons. The van der Waals surface area contributed by atoms with Crippen molar-refractivity contribution in [3.63, 3.8) is 0 Å². The Hall–Kier alpha value is -2.45. The summed E-state index contributed by atoms with van der Waals surface area (Å²) in [4.78, 5) is 35.2. The van der Waals surface area contributed by atoms with Crippen LogP contribution in [-0.4, -0.2) is 92.6 Å². The molecule has 0 aliphatic carbocycles. The Bertz CT molecular complexity index is 948. The molecule has 30 heavy (non-hydrogen) atoms. The predicted octanol–water partition coefficient (Wildman–Crippen LogP) is 1.01. The molecule has 1 N–H and O–H groups in total. The van der Waals surface area contributed by atoms with Gasteiger partial charge in [-0.2, -0.15) is 0 Å². The lowest BCUT2D eigenvalue weighted by Crippen LogP contribution is -2.54. The van der Waals surface area contributed by atoms with Crippen molar-refractivity contribution in [2.45, 2.75) is 38.8 Å². The van der Waals surface area contributed by atoms with Gasteiger partial charge in [0.15, 0.2) is 0 Å². The Kier molecular flexibility index (Phi) is 5.79. The minimum absolute atomic E-state index is 0.00513. The van der Waals surface area contributed by atoms with E-state index in [1.807, 2.05) is 46.5 Å². The van der Waals surface area contributed by atoms with Crippen LogP contribution in [0.5, 0.6) is 0 Å². The molecule has 2 amide bonds. The van der Waals surface area contributed by atoms with Gasteiger partial charge < -0.3 is 19.5 Å². The fourth-order valence-corrected chi connectivity index (χ4v) is 4.71. The maximum absolute atomic E-state index is 13.1. The van der Waals surface area contributed by atoms with Crippen LogP contribution in [0.2, 0.25) is 0 Å². The van der Waals surface area contributed by atoms with E-state index in [9.17, 15) is 14.7 Å². The van der Waals surface area contributed by atoms with Crippen molar-refractivity contribution in [3.05, 3.63) is 29.6 Å². The molecule has 2 aliphatic rings. The SMILES string of the molecule is CC(=O)N1CCN([C@H]2CCN(C(=O)c3ccc4c(c3)nc(C)n4C)CC[C@@H]2O)CC1. The Morgan fingerprint density at radius 3 is 2.43 bits per heavy atom. The fourth-order valence-electron chi connectivity index (χ4n) is 4.71. The first kappa shape index (κ1) is 20.8. The molecule has 1 aromatic heterocycles. The average Bonchev–Trinajstić information content (AvgIpc) is 2.89. The Morgan fingerprint density at radius 1 is 1.03 bits per heavy atom. The molecule has 0 saturated carbocycles. The summed E-state index contributed by atoms with van der Waals surface area (Å²) in [5, 5.41) is 10.7. The maximum Gasteiger partial charge on any atom is 0.253 e. The molecule has 0 spiro atoms. The van der Waals surface area contributed by atoms with Crippen LogP contribution in [0.3, 0.4) is 0 Å². The molecule has 0 bridgehead atoms. The van der Waals surface area contributed by atoms with Gasteiger partial charge in [-0.1, -0.05) is 0 Å². The number of hydrogen-bond donors (Lipinski definition) is 1. The van der Waals surface area contributed by atoms with Crippen LogP contribution in [0.4, 0.5) is 0 Å². The number of piperazine rings is 1. The molecule has 0 radical (unpaired) electrons. The topological polar surface area (TPSA) is 81.9 Å². The number of nitrogens with zero attached hydrogens (tertiary/aromatic N) is 5. The quantitative estimate of drug-likeness (QED) is 0.795. The number of aliphatic hydroxyl groups excluding tert-OH is 1. The van der Waals surface area contributed by atoms with E-state index in [0.29, 0.717) is 38.2 Å². The molecule has 4 rings (SSSR count). The van der Waals surface area contributed by atoms with Crippen molar-refractivity contribution >= 4 is 22.8 Å². The molecule has 8 nitrogen and oxygen atoms in total. The molecule has 2 aliphatic heterocycles. The van der Waals surface area contributed by atoms with Gasteiger partial charge in [-0.05, 0) is 38.0 Å². The Balaban J connectivity index is 1.43. The van der Waals surface area contributed by atoms with Crippen LogP contribution < -0.4 is 0 Å². The summed E-state index contributed by atoms with van der Waals surface area (Å²) in [6.07, 6.45) is 0.833. The first-order chi connectivity index (χ1) is 14.3. The van der Waals surface area contributed by atoms with Crippen molar-refractivity contribution in [3.8, 4) is 0 Å². The molecule has 8 heteroatoms. The summed E-state index contributed by atoms with van der Waals surface area (Å²) in [6.45, 7) is 7.65. The molecular formula is C22H31N5O3. The number of likely N-dealkylation sites (tertiary alicyclic amines) is 1. The minimum atomic E-state index is -0.465. The van der Waals surface area contributed by atoms with Crippen molar-refractivity contribution in [2.75, 3.05) is 39.3 Å². The van der Waals surface area contributed by atoms with Gasteiger partial charge in [0.1, 0.15) is 5.82 Å². The minimum Gasteiger partial charge on any atom is -0.391 e. The lowest BCUT2D eigenvalue weighted by atomic mass is 10.0. The predicted molar refractivity (Wildman–Crippen MR) is 114 cm³/mol. The van der Waals surface area contributed by atoms with Gasteiger partial charge in [-0.15, -0.1) is 0 Å². The number of imidazole rings is 1. The number of fused-ring (bicyclic) bond motifs is 1. The van der Waals surface area contributed by atoms with E-state index in [1.165, 1.54) is 0 Å². The molecule has 2 saturated heterocycles. The van der Waals surface area contributed by atoms with E-state index in [0.717, 1.165) is 36.4 Å². The van der Waals surface area contributed by atoms with E-state index < -0.39 is 6.10 Å². The van der Waals surface area contributed by atoms with Crippen LogP contribution in [0, 0.1) is 6.92 Å². The number of carbonyl (C=O) groups is 2. The third-order valence-corrected chi connectivity index (χ3v) is 6.70. The van der Waals surface area contributed by atoms with Crippen molar-refractivity contribution in [2.24, 2.45) is 7.05 Å². The summed E-state index contributed by atoms with van der Waals surface area (Å²) in [6, 6.07) is 5.71. The largest absolute Gasteiger partial charge is 0.391 e. The molecule has 2 fully saturated rings. The standard InChI is InChI=1S/C22H31N5O3/c1-15-23-18-14-17(4-5-19(18)24(15)3)22(30)27-8-6-20(21(29)7-9-27)26-12-10-25(11-13-26)16(2)28/h4-5,14,20-21,29H,6-13H2,1-3H3/t20-,21-/m0/s1.